The van der Waals surface area contributed by atoms with E-state index in [1.807, 2.05) is 7.05 Å². The van der Waals surface area contributed by atoms with Crippen LogP contribution < -0.4 is 0 Å². The van der Waals surface area contributed by atoms with Crippen LogP contribution in [0.1, 0.15) is 36.0 Å². The first-order chi connectivity index (χ1) is 8.36. The van der Waals surface area contributed by atoms with Crippen LogP contribution in [0.15, 0.2) is 6.07 Å². The number of likely N-dealkylation sites (tertiary alicyclic amines) is 1. The molecule has 1 saturated heterocycles. The molecule has 0 spiro atoms. The van der Waals surface area contributed by atoms with Crippen molar-refractivity contribution in [1.29, 1.82) is 0 Å². The van der Waals surface area contributed by atoms with E-state index in [1.165, 1.54) is 6.92 Å². The second kappa shape index (κ2) is 4.84. The van der Waals surface area contributed by atoms with E-state index in [2.05, 4.69) is 14.9 Å². The van der Waals surface area contributed by atoms with Crippen LogP contribution in [0.2, 0.25) is 0 Å². The van der Waals surface area contributed by atoms with Gasteiger partial charge in [0, 0.05) is 18.2 Å². The van der Waals surface area contributed by atoms with Crippen molar-refractivity contribution in [2.75, 3.05) is 20.1 Å². The van der Waals surface area contributed by atoms with E-state index < -0.39 is 11.9 Å². The van der Waals surface area contributed by atoms with Crippen molar-refractivity contribution < 1.29 is 13.2 Å². The minimum atomic E-state index is -4.40. The van der Waals surface area contributed by atoms with Gasteiger partial charge in [-0.05, 0) is 39.4 Å². The third kappa shape index (κ3) is 2.98. The van der Waals surface area contributed by atoms with E-state index in [9.17, 15) is 13.2 Å². The summed E-state index contributed by atoms with van der Waals surface area (Å²) in [5.41, 5.74) is -0.320. The topological polar surface area (TPSA) is 29.0 Å². The van der Waals surface area contributed by atoms with Gasteiger partial charge < -0.3 is 4.90 Å². The Labute approximate surface area is 104 Å². The Balaban J connectivity index is 2.30. The zero-order valence-corrected chi connectivity index (χ0v) is 10.5. The third-order valence-electron chi connectivity index (χ3n) is 3.19. The van der Waals surface area contributed by atoms with Gasteiger partial charge in [0.15, 0.2) is 0 Å². The normalized spacial score (nSPS) is 22.2. The molecule has 0 bridgehead atoms. The second-order valence-electron chi connectivity index (χ2n) is 4.82. The van der Waals surface area contributed by atoms with Crippen molar-refractivity contribution in [2.45, 2.75) is 31.9 Å². The number of halogens is 3. The maximum absolute atomic E-state index is 12.7. The van der Waals surface area contributed by atoms with Crippen molar-refractivity contribution in [1.82, 2.24) is 14.9 Å². The summed E-state index contributed by atoms with van der Waals surface area (Å²) in [6, 6.07) is 1.09. The minimum absolute atomic E-state index is 0.0755. The molecule has 3 nitrogen and oxygen atoms in total. The van der Waals surface area contributed by atoms with Gasteiger partial charge in [0.2, 0.25) is 0 Å². The summed E-state index contributed by atoms with van der Waals surface area (Å²) < 4.78 is 38.1. The van der Waals surface area contributed by atoms with Crippen molar-refractivity contribution in [3.63, 3.8) is 0 Å². The molecule has 0 aromatic carbocycles. The zero-order valence-electron chi connectivity index (χ0n) is 10.5. The molecule has 0 unspecified atom stereocenters. The summed E-state index contributed by atoms with van der Waals surface area (Å²) in [7, 11) is 1.98. The lowest BCUT2D eigenvalue weighted by atomic mass is 9.94. The highest BCUT2D eigenvalue weighted by atomic mass is 19.4. The zero-order chi connectivity index (χ0) is 13.3. The summed E-state index contributed by atoms with van der Waals surface area (Å²) in [4.78, 5) is 9.76. The Bertz CT molecular complexity index is 431. The number of alkyl halides is 3. The molecule has 18 heavy (non-hydrogen) atoms. The lowest BCUT2D eigenvalue weighted by Crippen LogP contribution is -2.31. The lowest BCUT2D eigenvalue weighted by molar-refractivity contribution is -0.141. The van der Waals surface area contributed by atoms with E-state index >= 15 is 0 Å². The molecule has 100 valence electrons. The summed E-state index contributed by atoms with van der Waals surface area (Å²) >= 11 is 0. The molecule has 0 aliphatic carbocycles. The van der Waals surface area contributed by atoms with Crippen LogP contribution in [0.25, 0.3) is 0 Å². The first-order valence-corrected chi connectivity index (χ1v) is 5.97. The Morgan fingerprint density at radius 1 is 1.33 bits per heavy atom. The van der Waals surface area contributed by atoms with Crippen molar-refractivity contribution in [2.24, 2.45) is 0 Å². The number of aromatic nitrogens is 2. The van der Waals surface area contributed by atoms with E-state index in [1.54, 1.807) is 0 Å². The first-order valence-electron chi connectivity index (χ1n) is 5.97. The standard InChI is InChI=1S/C12H16F3N3/c1-8-16-10(6-11(17-8)12(13,14)15)9-4-3-5-18(2)7-9/h6,9H,3-5,7H2,1-2H3/t9-/m1/s1. The Hall–Kier alpha value is -1.17. The molecule has 1 aromatic rings. The maximum atomic E-state index is 12.7. The van der Waals surface area contributed by atoms with Crippen LogP contribution >= 0.6 is 0 Å². The first kappa shape index (κ1) is 13.3. The van der Waals surface area contributed by atoms with Gasteiger partial charge in [-0.25, -0.2) is 9.97 Å². The van der Waals surface area contributed by atoms with E-state index in [0.29, 0.717) is 5.69 Å². The average molecular weight is 259 g/mol. The number of aryl methyl sites for hydroxylation is 1. The number of nitrogens with zero attached hydrogens (tertiary/aromatic N) is 3. The molecular formula is C12H16F3N3. The average Bonchev–Trinajstić information content (AvgIpc) is 2.27. The smallest absolute Gasteiger partial charge is 0.306 e. The highest BCUT2D eigenvalue weighted by molar-refractivity contribution is 5.18. The van der Waals surface area contributed by atoms with E-state index in [-0.39, 0.29) is 11.7 Å². The Morgan fingerprint density at radius 3 is 2.67 bits per heavy atom. The predicted octanol–water partition coefficient (Wildman–Crippen LogP) is 2.61. The summed E-state index contributed by atoms with van der Waals surface area (Å²) in [6.07, 6.45) is -2.52. The van der Waals surface area contributed by atoms with Gasteiger partial charge in [-0.1, -0.05) is 0 Å². The van der Waals surface area contributed by atoms with Crippen LogP contribution in [-0.2, 0) is 6.18 Å². The van der Waals surface area contributed by atoms with E-state index in [4.69, 9.17) is 0 Å². The monoisotopic (exact) mass is 259 g/mol. The van der Waals surface area contributed by atoms with Gasteiger partial charge in [0.1, 0.15) is 11.5 Å². The molecule has 1 aromatic heterocycles. The van der Waals surface area contributed by atoms with Gasteiger partial charge in [-0.3, -0.25) is 0 Å². The van der Waals surface area contributed by atoms with Gasteiger partial charge in [-0.15, -0.1) is 0 Å². The van der Waals surface area contributed by atoms with Crippen LogP contribution in [-0.4, -0.2) is 35.0 Å². The molecule has 0 saturated carbocycles. The number of likely N-dealkylation sites (N-methyl/N-ethyl adjacent to an activating group) is 1. The van der Waals surface area contributed by atoms with Gasteiger partial charge >= 0.3 is 6.18 Å². The molecule has 1 fully saturated rings. The molecule has 0 amide bonds. The SMILES string of the molecule is Cc1nc([C@@H]2CCCN(C)C2)cc(C(F)(F)F)n1. The molecule has 0 radical (unpaired) electrons. The Morgan fingerprint density at radius 2 is 2.06 bits per heavy atom. The fourth-order valence-corrected chi connectivity index (χ4v) is 2.35. The lowest BCUT2D eigenvalue weighted by Gasteiger charge is -2.29. The van der Waals surface area contributed by atoms with Crippen LogP contribution in [0.3, 0.4) is 0 Å². The number of piperidine rings is 1. The summed E-state index contributed by atoms with van der Waals surface area (Å²) in [5, 5.41) is 0. The molecule has 2 rings (SSSR count). The quantitative estimate of drug-likeness (QED) is 0.776. The minimum Gasteiger partial charge on any atom is -0.306 e. The predicted molar refractivity (Wildman–Crippen MR) is 61.2 cm³/mol. The van der Waals surface area contributed by atoms with Gasteiger partial charge in [-0.2, -0.15) is 13.2 Å². The van der Waals surface area contributed by atoms with E-state index in [0.717, 1.165) is 32.0 Å². The van der Waals surface area contributed by atoms with Crippen molar-refractivity contribution in [3.8, 4) is 0 Å². The molecule has 2 heterocycles. The molecule has 1 aliphatic rings. The van der Waals surface area contributed by atoms with Crippen molar-refractivity contribution in [3.05, 3.63) is 23.3 Å². The van der Waals surface area contributed by atoms with Crippen LogP contribution in [0.4, 0.5) is 13.2 Å². The Kier molecular flexibility index (Phi) is 3.56. The number of hydrogen-bond acceptors (Lipinski definition) is 3. The highest BCUT2D eigenvalue weighted by Crippen LogP contribution is 2.31. The fourth-order valence-electron chi connectivity index (χ4n) is 2.35. The molecular weight excluding hydrogens is 243 g/mol. The summed E-state index contributed by atoms with van der Waals surface area (Å²) in [6.45, 7) is 3.26. The second-order valence-corrected chi connectivity index (χ2v) is 4.82. The number of rotatable bonds is 1. The molecule has 1 aliphatic heterocycles. The maximum Gasteiger partial charge on any atom is 0.433 e. The fraction of sp³-hybridized carbons (Fsp3) is 0.667. The summed E-state index contributed by atoms with van der Waals surface area (Å²) in [5.74, 6) is 0.264. The van der Waals surface area contributed by atoms with Crippen LogP contribution in [0, 0.1) is 6.92 Å². The molecule has 0 N–H and O–H groups in total. The van der Waals surface area contributed by atoms with Gasteiger partial charge in [0.05, 0.1) is 0 Å². The molecule has 6 heteroatoms. The number of hydrogen-bond donors (Lipinski definition) is 0. The molecule has 1 atom stereocenters. The van der Waals surface area contributed by atoms with Crippen molar-refractivity contribution >= 4 is 0 Å². The largest absolute Gasteiger partial charge is 0.433 e. The third-order valence-corrected chi connectivity index (χ3v) is 3.19. The van der Waals surface area contributed by atoms with Gasteiger partial charge in [0.25, 0.3) is 0 Å². The van der Waals surface area contributed by atoms with Crippen LogP contribution in [0.5, 0.6) is 0 Å². The highest BCUT2D eigenvalue weighted by Gasteiger charge is 2.34.